The topological polar surface area (TPSA) is 69.7 Å². The van der Waals surface area contributed by atoms with Gasteiger partial charge < -0.3 is 5.32 Å². The molecule has 1 aliphatic heterocycles. The van der Waals surface area contributed by atoms with Crippen molar-refractivity contribution >= 4 is 21.6 Å². The van der Waals surface area contributed by atoms with Crippen LogP contribution in [0.25, 0.3) is 0 Å². The van der Waals surface area contributed by atoms with Crippen molar-refractivity contribution in [2.75, 3.05) is 32.5 Å². The van der Waals surface area contributed by atoms with Gasteiger partial charge in [-0.15, -0.1) is 0 Å². The molecular weight excluding hydrogens is 314 g/mol. The van der Waals surface area contributed by atoms with E-state index in [1.807, 2.05) is 0 Å². The highest BCUT2D eigenvalue weighted by Gasteiger charge is 2.21. The molecule has 23 heavy (non-hydrogen) atoms. The van der Waals surface area contributed by atoms with E-state index < -0.39 is 10.0 Å². The Morgan fingerprint density at radius 3 is 2.74 bits per heavy atom. The lowest BCUT2D eigenvalue weighted by molar-refractivity contribution is -0.118. The third-order valence-corrected chi connectivity index (χ3v) is 5.99. The molecule has 0 aromatic heterocycles. The Kier molecular flexibility index (Phi) is 5.78. The largest absolute Gasteiger partial charge is 0.325 e. The molecule has 1 fully saturated rings. The van der Waals surface area contributed by atoms with Gasteiger partial charge in [-0.1, -0.05) is 12.5 Å². The van der Waals surface area contributed by atoms with Crippen LogP contribution in [0.4, 0.5) is 5.69 Å². The molecule has 1 heterocycles. The van der Waals surface area contributed by atoms with Gasteiger partial charge in [-0.3, -0.25) is 9.69 Å². The fourth-order valence-corrected chi connectivity index (χ4v) is 3.67. The van der Waals surface area contributed by atoms with E-state index in [-0.39, 0.29) is 10.8 Å². The van der Waals surface area contributed by atoms with Crippen molar-refractivity contribution in [2.24, 2.45) is 0 Å². The van der Waals surface area contributed by atoms with Crippen molar-refractivity contribution in [3.8, 4) is 0 Å². The van der Waals surface area contributed by atoms with E-state index in [2.05, 4.69) is 17.1 Å². The molecule has 6 nitrogen and oxygen atoms in total. The molecule has 1 N–H and O–H groups in total. The molecule has 0 bridgehead atoms. The third kappa shape index (κ3) is 4.53. The molecule has 0 radical (unpaired) electrons. The van der Waals surface area contributed by atoms with Crippen LogP contribution in [0.5, 0.6) is 0 Å². The lowest BCUT2D eigenvalue weighted by Crippen LogP contribution is -2.42. The average Bonchev–Trinajstić information content (AvgIpc) is 2.49. The van der Waals surface area contributed by atoms with E-state index in [4.69, 9.17) is 0 Å². The maximum Gasteiger partial charge on any atom is 0.242 e. The zero-order valence-electron chi connectivity index (χ0n) is 13.9. The molecule has 1 aromatic rings. The minimum absolute atomic E-state index is 0.113. The monoisotopic (exact) mass is 339 g/mol. The fraction of sp³-hybridized carbons (Fsp3) is 0.562. The molecular formula is C16H25N3O3S. The Balaban J connectivity index is 2.04. The molecule has 128 valence electrons. The van der Waals surface area contributed by atoms with Crippen LogP contribution in [0, 0.1) is 0 Å². The van der Waals surface area contributed by atoms with Crippen LogP contribution in [0.15, 0.2) is 29.2 Å². The van der Waals surface area contributed by atoms with Crippen LogP contribution in [-0.4, -0.2) is 56.8 Å². The first-order chi connectivity index (χ1) is 10.8. The van der Waals surface area contributed by atoms with E-state index in [1.54, 1.807) is 12.1 Å². The van der Waals surface area contributed by atoms with Crippen LogP contribution in [0.2, 0.25) is 0 Å². The number of hydrogen-bond acceptors (Lipinski definition) is 4. The summed E-state index contributed by atoms with van der Waals surface area (Å²) in [6.45, 7) is 3.41. The minimum atomic E-state index is -3.50. The van der Waals surface area contributed by atoms with Crippen molar-refractivity contribution in [2.45, 2.75) is 37.1 Å². The molecule has 1 aromatic carbocycles. The molecule has 1 aliphatic rings. The summed E-state index contributed by atoms with van der Waals surface area (Å²) in [6.07, 6.45) is 3.45. The van der Waals surface area contributed by atoms with E-state index >= 15 is 0 Å². The SMILES string of the molecule is CC1CCCCN1CC(=O)Nc1cccc(S(=O)(=O)N(C)C)c1. The van der Waals surface area contributed by atoms with Crippen LogP contribution in [-0.2, 0) is 14.8 Å². The van der Waals surface area contributed by atoms with Crippen LogP contribution < -0.4 is 5.32 Å². The van der Waals surface area contributed by atoms with Crippen LogP contribution in [0.1, 0.15) is 26.2 Å². The number of likely N-dealkylation sites (tertiary alicyclic amines) is 1. The molecule has 0 aliphatic carbocycles. The second-order valence-electron chi connectivity index (χ2n) is 6.18. The molecule has 1 unspecified atom stereocenters. The number of benzene rings is 1. The first kappa shape index (κ1) is 17.9. The Morgan fingerprint density at radius 1 is 1.35 bits per heavy atom. The van der Waals surface area contributed by atoms with Gasteiger partial charge in [-0.2, -0.15) is 0 Å². The first-order valence-corrected chi connectivity index (χ1v) is 9.31. The summed E-state index contributed by atoms with van der Waals surface area (Å²) in [5.74, 6) is -0.113. The van der Waals surface area contributed by atoms with Crippen molar-refractivity contribution < 1.29 is 13.2 Å². The number of sulfonamides is 1. The number of hydrogen-bond donors (Lipinski definition) is 1. The number of carbonyl (C=O) groups is 1. The third-order valence-electron chi connectivity index (χ3n) is 4.18. The molecule has 2 rings (SSSR count). The molecule has 1 atom stereocenters. The minimum Gasteiger partial charge on any atom is -0.325 e. The Labute approximate surface area is 138 Å². The second kappa shape index (κ2) is 7.42. The van der Waals surface area contributed by atoms with Crippen molar-refractivity contribution in [3.63, 3.8) is 0 Å². The summed E-state index contributed by atoms with van der Waals surface area (Å²) >= 11 is 0. The highest BCUT2D eigenvalue weighted by Crippen LogP contribution is 2.19. The number of nitrogens with zero attached hydrogens (tertiary/aromatic N) is 2. The van der Waals surface area contributed by atoms with Gasteiger partial charge in [0.15, 0.2) is 0 Å². The molecule has 1 amide bonds. The number of carbonyl (C=O) groups excluding carboxylic acids is 1. The van der Waals surface area contributed by atoms with Gasteiger partial charge in [0.05, 0.1) is 11.4 Å². The van der Waals surface area contributed by atoms with Crippen LogP contribution in [0.3, 0.4) is 0 Å². The zero-order valence-corrected chi connectivity index (χ0v) is 14.8. The van der Waals surface area contributed by atoms with Crippen molar-refractivity contribution in [1.29, 1.82) is 0 Å². The first-order valence-electron chi connectivity index (χ1n) is 7.87. The van der Waals surface area contributed by atoms with Crippen molar-refractivity contribution in [3.05, 3.63) is 24.3 Å². The summed E-state index contributed by atoms with van der Waals surface area (Å²) in [5.41, 5.74) is 0.502. The quantitative estimate of drug-likeness (QED) is 0.887. The Bertz CT molecular complexity index is 658. The normalized spacial score (nSPS) is 19.7. The van der Waals surface area contributed by atoms with Gasteiger partial charge in [-0.25, -0.2) is 12.7 Å². The average molecular weight is 339 g/mol. The van der Waals surface area contributed by atoms with Gasteiger partial charge >= 0.3 is 0 Å². The highest BCUT2D eigenvalue weighted by molar-refractivity contribution is 7.89. The lowest BCUT2D eigenvalue weighted by Gasteiger charge is -2.32. The van der Waals surface area contributed by atoms with E-state index in [9.17, 15) is 13.2 Å². The summed E-state index contributed by atoms with van der Waals surface area (Å²) < 4.78 is 25.4. The van der Waals surface area contributed by atoms with E-state index in [0.717, 1.165) is 23.7 Å². The second-order valence-corrected chi connectivity index (χ2v) is 8.33. The number of anilines is 1. The standard InChI is InChI=1S/C16H25N3O3S/c1-13-7-4-5-10-19(13)12-16(20)17-14-8-6-9-15(11-14)23(21,22)18(2)3/h6,8-9,11,13H,4-5,7,10,12H2,1-3H3,(H,17,20). The number of amides is 1. The highest BCUT2D eigenvalue weighted by atomic mass is 32.2. The number of piperidine rings is 1. The number of nitrogens with one attached hydrogen (secondary N) is 1. The molecule has 0 spiro atoms. The van der Waals surface area contributed by atoms with Crippen LogP contribution >= 0.6 is 0 Å². The molecule has 7 heteroatoms. The maximum atomic E-state index is 12.2. The summed E-state index contributed by atoms with van der Waals surface area (Å²) in [6, 6.07) is 6.77. The summed E-state index contributed by atoms with van der Waals surface area (Å²) in [7, 11) is -0.531. The fourth-order valence-electron chi connectivity index (χ4n) is 2.72. The predicted octanol–water partition coefficient (Wildman–Crippen LogP) is 1.75. The van der Waals surface area contributed by atoms with Gasteiger partial charge in [0.1, 0.15) is 0 Å². The molecule has 1 saturated heterocycles. The van der Waals surface area contributed by atoms with Gasteiger partial charge in [0.25, 0.3) is 0 Å². The predicted molar refractivity (Wildman–Crippen MR) is 90.8 cm³/mol. The summed E-state index contributed by atoms with van der Waals surface area (Å²) in [5, 5.41) is 2.80. The van der Waals surface area contributed by atoms with Crippen molar-refractivity contribution in [1.82, 2.24) is 9.21 Å². The van der Waals surface area contributed by atoms with Gasteiger partial charge in [-0.05, 0) is 44.5 Å². The maximum absolute atomic E-state index is 12.2. The van der Waals surface area contributed by atoms with Gasteiger partial charge in [0.2, 0.25) is 15.9 Å². The smallest absolute Gasteiger partial charge is 0.242 e. The zero-order chi connectivity index (χ0) is 17.0. The van der Waals surface area contributed by atoms with Gasteiger partial charge in [0, 0.05) is 25.8 Å². The van der Waals surface area contributed by atoms with E-state index in [1.165, 1.54) is 32.6 Å². The summed E-state index contributed by atoms with van der Waals surface area (Å²) in [4.78, 5) is 14.5. The lowest BCUT2D eigenvalue weighted by atomic mass is 10.0. The number of rotatable bonds is 5. The molecule has 0 saturated carbocycles. The Hall–Kier alpha value is -1.44. The van der Waals surface area contributed by atoms with E-state index in [0.29, 0.717) is 18.3 Å². The Morgan fingerprint density at radius 2 is 2.09 bits per heavy atom.